The normalized spacial score (nSPS) is 21.3. The quantitative estimate of drug-likeness (QED) is 0.493. The van der Waals surface area contributed by atoms with Gasteiger partial charge in [-0.15, -0.1) is 0 Å². The zero-order valence-electron chi connectivity index (χ0n) is 15.0. The molecule has 6 heteroatoms. The SMILES string of the molecule is CC(C)CC(NC(=O)[C@H](Cc1ccccc1)NC=O)C(=O)C1(C)CO1. The van der Waals surface area contributed by atoms with Gasteiger partial charge in [-0.3, -0.25) is 14.4 Å². The molecule has 1 aromatic rings. The predicted molar refractivity (Wildman–Crippen MR) is 93.9 cm³/mol. The van der Waals surface area contributed by atoms with Crippen molar-refractivity contribution in [3.8, 4) is 0 Å². The maximum absolute atomic E-state index is 12.7. The molecule has 0 spiro atoms. The van der Waals surface area contributed by atoms with Gasteiger partial charge in [0, 0.05) is 6.42 Å². The smallest absolute Gasteiger partial charge is 0.243 e. The highest BCUT2D eigenvalue weighted by molar-refractivity contribution is 5.97. The van der Waals surface area contributed by atoms with Crippen molar-refractivity contribution in [1.29, 1.82) is 0 Å². The number of epoxide rings is 1. The summed E-state index contributed by atoms with van der Waals surface area (Å²) in [6, 6.07) is 8.08. The van der Waals surface area contributed by atoms with Crippen molar-refractivity contribution in [2.75, 3.05) is 6.61 Å². The van der Waals surface area contributed by atoms with Crippen molar-refractivity contribution in [3.63, 3.8) is 0 Å². The Morgan fingerprint density at radius 1 is 1.24 bits per heavy atom. The summed E-state index contributed by atoms with van der Waals surface area (Å²) >= 11 is 0. The Morgan fingerprint density at radius 2 is 1.88 bits per heavy atom. The minimum Gasteiger partial charge on any atom is -0.361 e. The number of hydrogen-bond acceptors (Lipinski definition) is 4. The van der Waals surface area contributed by atoms with E-state index in [2.05, 4.69) is 10.6 Å². The number of ketones is 1. The van der Waals surface area contributed by atoms with Crippen LogP contribution in [-0.2, 0) is 25.5 Å². The fraction of sp³-hybridized carbons (Fsp3) is 0.526. The molecule has 6 nitrogen and oxygen atoms in total. The monoisotopic (exact) mass is 346 g/mol. The molecule has 1 aliphatic rings. The summed E-state index contributed by atoms with van der Waals surface area (Å²) in [6.07, 6.45) is 1.40. The van der Waals surface area contributed by atoms with E-state index in [1.165, 1.54) is 0 Å². The fourth-order valence-electron chi connectivity index (χ4n) is 2.75. The molecule has 2 N–H and O–H groups in total. The average Bonchev–Trinajstić information content (AvgIpc) is 3.32. The fourth-order valence-corrected chi connectivity index (χ4v) is 2.75. The van der Waals surface area contributed by atoms with E-state index in [1.807, 2.05) is 44.2 Å². The van der Waals surface area contributed by atoms with Crippen molar-refractivity contribution in [2.24, 2.45) is 5.92 Å². The van der Waals surface area contributed by atoms with Gasteiger partial charge in [0.25, 0.3) is 0 Å². The highest BCUT2D eigenvalue weighted by Crippen LogP contribution is 2.29. The van der Waals surface area contributed by atoms with E-state index in [9.17, 15) is 14.4 Å². The van der Waals surface area contributed by atoms with Gasteiger partial charge in [-0.2, -0.15) is 0 Å². The van der Waals surface area contributed by atoms with Gasteiger partial charge in [0.05, 0.1) is 12.6 Å². The van der Waals surface area contributed by atoms with Crippen molar-refractivity contribution >= 4 is 18.1 Å². The largest absolute Gasteiger partial charge is 0.361 e. The van der Waals surface area contributed by atoms with Crippen LogP contribution in [0, 0.1) is 5.92 Å². The summed E-state index contributed by atoms with van der Waals surface area (Å²) < 4.78 is 5.23. The number of carbonyl (C=O) groups excluding carboxylic acids is 3. The maximum atomic E-state index is 12.7. The molecule has 0 radical (unpaired) electrons. The number of amides is 2. The van der Waals surface area contributed by atoms with Crippen LogP contribution in [0.1, 0.15) is 32.8 Å². The van der Waals surface area contributed by atoms with Crippen molar-refractivity contribution in [3.05, 3.63) is 35.9 Å². The molecular weight excluding hydrogens is 320 g/mol. The van der Waals surface area contributed by atoms with E-state index in [0.717, 1.165) is 5.56 Å². The molecule has 1 fully saturated rings. The van der Waals surface area contributed by atoms with E-state index < -0.39 is 17.7 Å². The number of rotatable bonds is 10. The Morgan fingerprint density at radius 3 is 2.40 bits per heavy atom. The van der Waals surface area contributed by atoms with Crippen LogP contribution in [0.4, 0.5) is 0 Å². The maximum Gasteiger partial charge on any atom is 0.243 e. The van der Waals surface area contributed by atoms with Gasteiger partial charge in [-0.25, -0.2) is 0 Å². The zero-order valence-corrected chi connectivity index (χ0v) is 15.0. The minimum absolute atomic E-state index is 0.112. The molecule has 1 aliphatic heterocycles. The molecule has 1 aromatic carbocycles. The van der Waals surface area contributed by atoms with Crippen LogP contribution >= 0.6 is 0 Å². The second-order valence-corrected chi connectivity index (χ2v) is 7.10. The highest BCUT2D eigenvalue weighted by Gasteiger charge is 2.50. The van der Waals surface area contributed by atoms with Crippen LogP contribution in [0.2, 0.25) is 0 Å². The van der Waals surface area contributed by atoms with Crippen LogP contribution in [0.25, 0.3) is 0 Å². The van der Waals surface area contributed by atoms with Crippen LogP contribution in [0.5, 0.6) is 0 Å². The van der Waals surface area contributed by atoms with Gasteiger partial charge in [-0.1, -0.05) is 44.2 Å². The summed E-state index contributed by atoms with van der Waals surface area (Å²) in [7, 11) is 0. The summed E-state index contributed by atoms with van der Waals surface area (Å²) in [5.74, 6) is -0.235. The van der Waals surface area contributed by atoms with Gasteiger partial charge in [0.15, 0.2) is 5.78 Å². The molecule has 0 bridgehead atoms. The number of hydrogen-bond donors (Lipinski definition) is 2. The topological polar surface area (TPSA) is 87.8 Å². The Bertz CT molecular complexity index is 611. The molecule has 2 amide bonds. The summed E-state index contributed by atoms with van der Waals surface area (Å²) in [5, 5.41) is 5.36. The molecule has 0 aromatic heterocycles. The van der Waals surface area contributed by atoms with E-state index >= 15 is 0 Å². The minimum atomic E-state index is -0.792. The van der Waals surface area contributed by atoms with Crippen molar-refractivity contribution in [1.82, 2.24) is 10.6 Å². The molecule has 0 saturated carbocycles. The molecule has 1 saturated heterocycles. The average molecular weight is 346 g/mol. The number of carbonyl (C=O) groups is 3. The molecule has 2 rings (SSSR count). The Balaban J connectivity index is 2.07. The van der Waals surface area contributed by atoms with E-state index in [-0.39, 0.29) is 17.6 Å². The molecule has 3 atom stereocenters. The van der Waals surface area contributed by atoms with E-state index in [4.69, 9.17) is 4.74 Å². The molecule has 1 heterocycles. The third-order valence-electron chi connectivity index (χ3n) is 4.31. The number of ether oxygens (including phenoxy) is 1. The first-order valence-corrected chi connectivity index (χ1v) is 8.58. The summed E-state index contributed by atoms with van der Waals surface area (Å²) in [6.45, 7) is 6.11. The first-order valence-electron chi connectivity index (χ1n) is 8.58. The Hall–Kier alpha value is -2.21. The number of benzene rings is 1. The third kappa shape index (κ3) is 5.39. The Labute approximate surface area is 148 Å². The molecule has 0 aliphatic carbocycles. The number of Topliss-reactive ketones (excluding diaryl/α,β-unsaturated/α-hetero) is 1. The first-order chi connectivity index (χ1) is 11.9. The van der Waals surface area contributed by atoms with Gasteiger partial charge in [0.1, 0.15) is 11.6 Å². The number of nitrogens with one attached hydrogen (secondary N) is 2. The molecule has 25 heavy (non-hydrogen) atoms. The Kier molecular flexibility index (Phi) is 6.31. The molecular formula is C19H26N2O4. The van der Waals surface area contributed by atoms with E-state index in [1.54, 1.807) is 6.92 Å². The van der Waals surface area contributed by atoms with Crippen molar-refractivity contribution in [2.45, 2.75) is 51.3 Å². The second-order valence-electron chi connectivity index (χ2n) is 7.10. The lowest BCUT2D eigenvalue weighted by atomic mass is 9.93. The van der Waals surface area contributed by atoms with Crippen LogP contribution < -0.4 is 10.6 Å². The third-order valence-corrected chi connectivity index (χ3v) is 4.31. The predicted octanol–water partition coefficient (Wildman–Crippen LogP) is 1.23. The van der Waals surface area contributed by atoms with E-state index in [0.29, 0.717) is 25.9 Å². The second kappa shape index (κ2) is 8.25. The van der Waals surface area contributed by atoms with Crippen molar-refractivity contribution < 1.29 is 19.1 Å². The van der Waals surface area contributed by atoms with Crippen LogP contribution in [0.3, 0.4) is 0 Å². The first kappa shape index (κ1) is 19.1. The summed E-state index contributed by atoms with van der Waals surface area (Å²) in [4.78, 5) is 36.2. The molecule has 2 unspecified atom stereocenters. The lowest BCUT2D eigenvalue weighted by Gasteiger charge is -2.24. The highest BCUT2D eigenvalue weighted by atomic mass is 16.6. The standard InChI is InChI=1S/C19H26N2O4/c1-13(2)9-15(17(23)19(3)11-25-19)21-18(24)16(20-12-22)10-14-7-5-4-6-8-14/h4-8,12-13,15-16H,9-11H2,1-3H3,(H,20,22)(H,21,24)/t15?,16-,19?/m0/s1. The lowest BCUT2D eigenvalue weighted by molar-refractivity contribution is -0.132. The van der Waals surface area contributed by atoms with Crippen LogP contribution in [0.15, 0.2) is 30.3 Å². The lowest BCUT2D eigenvalue weighted by Crippen LogP contribution is -2.53. The van der Waals surface area contributed by atoms with Gasteiger partial charge >= 0.3 is 0 Å². The summed E-state index contributed by atoms with van der Waals surface area (Å²) in [5.41, 5.74) is 0.140. The van der Waals surface area contributed by atoms with Crippen LogP contribution in [-0.4, -0.2) is 42.4 Å². The zero-order chi connectivity index (χ0) is 18.4. The molecule has 136 valence electrons. The van der Waals surface area contributed by atoms with Gasteiger partial charge in [0.2, 0.25) is 12.3 Å². The van der Waals surface area contributed by atoms with Gasteiger partial charge in [-0.05, 0) is 24.8 Å². The van der Waals surface area contributed by atoms with Gasteiger partial charge < -0.3 is 15.4 Å².